The van der Waals surface area contributed by atoms with Crippen LogP contribution >= 0.6 is 35.6 Å². The van der Waals surface area contributed by atoms with Crippen molar-refractivity contribution in [2.75, 3.05) is 0 Å². The molecule has 1 nitrogen and oxygen atoms in total. The van der Waals surface area contributed by atoms with E-state index in [-0.39, 0.29) is 18.4 Å². The smallest absolute Gasteiger partial charge is 0.0468 e. The Morgan fingerprint density at radius 2 is 1.71 bits per heavy atom. The molecule has 0 aromatic heterocycles. The summed E-state index contributed by atoms with van der Waals surface area (Å²) >= 11 is 12.1. The Balaban J connectivity index is 0.000000980. The van der Waals surface area contributed by atoms with Crippen LogP contribution in [0.3, 0.4) is 0 Å². The minimum absolute atomic E-state index is 0. The predicted molar refractivity (Wildman–Crippen MR) is 63.4 cm³/mol. The fraction of sp³-hybridized carbons (Fsp3) is 0.400. The van der Waals surface area contributed by atoms with Gasteiger partial charge in [-0.05, 0) is 30.9 Å². The zero-order valence-electron chi connectivity index (χ0n) is 7.54. The Labute approximate surface area is 100.0 Å². The van der Waals surface area contributed by atoms with Gasteiger partial charge in [0.2, 0.25) is 0 Å². The third kappa shape index (κ3) is 2.34. The number of hydrogen-bond acceptors (Lipinski definition) is 1. The molecule has 1 aromatic carbocycles. The summed E-state index contributed by atoms with van der Waals surface area (Å²) in [6, 6.07) is 5.53. The van der Waals surface area contributed by atoms with Gasteiger partial charge in [0.1, 0.15) is 0 Å². The molecule has 0 bridgehead atoms. The van der Waals surface area contributed by atoms with Gasteiger partial charge in [-0.2, -0.15) is 0 Å². The van der Waals surface area contributed by atoms with Gasteiger partial charge in [-0.15, -0.1) is 12.4 Å². The maximum absolute atomic E-state index is 6.03. The molecule has 0 spiro atoms. The van der Waals surface area contributed by atoms with Gasteiger partial charge in [-0.3, -0.25) is 0 Å². The summed E-state index contributed by atoms with van der Waals surface area (Å²) in [4.78, 5) is 0. The molecule has 0 saturated heterocycles. The minimum Gasteiger partial charge on any atom is -0.324 e. The van der Waals surface area contributed by atoms with Crippen LogP contribution in [0.15, 0.2) is 18.2 Å². The molecule has 0 amide bonds. The third-order valence-electron chi connectivity index (χ3n) is 2.46. The zero-order valence-corrected chi connectivity index (χ0v) is 9.87. The van der Waals surface area contributed by atoms with E-state index in [4.69, 9.17) is 28.9 Å². The summed E-state index contributed by atoms with van der Waals surface area (Å²) in [7, 11) is 0. The second kappa shape index (κ2) is 4.71. The third-order valence-corrected chi connectivity index (χ3v) is 3.12. The van der Waals surface area contributed by atoms with Gasteiger partial charge in [0.15, 0.2) is 0 Å². The van der Waals surface area contributed by atoms with Crippen LogP contribution in [0, 0.1) is 5.92 Å². The van der Waals surface area contributed by atoms with Gasteiger partial charge in [-0.1, -0.05) is 29.3 Å². The zero-order chi connectivity index (χ0) is 9.42. The Morgan fingerprint density at radius 3 is 2.14 bits per heavy atom. The monoisotopic (exact) mass is 251 g/mol. The summed E-state index contributed by atoms with van der Waals surface area (Å²) in [5, 5.41) is 1.37. The molecule has 0 aliphatic heterocycles. The fourth-order valence-electron chi connectivity index (χ4n) is 1.52. The quantitative estimate of drug-likeness (QED) is 0.851. The van der Waals surface area contributed by atoms with Crippen molar-refractivity contribution in [2.24, 2.45) is 11.7 Å². The number of benzene rings is 1. The topological polar surface area (TPSA) is 26.0 Å². The largest absolute Gasteiger partial charge is 0.324 e. The van der Waals surface area contributed by atoms with Crippen LogP contribution in [0.25, 0.3) is 0 Å². The van der Waals surface area contributed by atoms with E-state index >= 15 is 0 Å². The second-order valence-corrected chi connectivity index (χ2v) is 4.31. The van der Waals surface area contributed by atoms with Crippen molar-refractivity contribution >= 4 is 35.6 Å². The standard InChI is InChI=1S/C10H11Cl2N.ClH/c11-7-2-1-3-8(12)9(7)10(13)6-4-5-6;/h1-3,6,10H,4-5,13H2;1H/t10-;/m1./s1. The Kier molecular flexibility index (Phi) is 4.08. The number of hydrogen-bond donors (Lipinski definition) is 1. The van der Waals surface area contributed by atoms with Gasteiger partial charge >= 0.3 is 0 Å². The average molecular weight is 253 g/mol. The summed E-state index contributed by atoms with van der Waals surface area (Å²) in [6.45, 7) is 0. The fourth-order valence-corrected chi connectivity index (χ4v) is 2.17. The first kappa shape index (κ1) is 12.1. The van der Waals surface area contributed by atoms with Crippen molar-refractivity contribution in [1.29, 1.82) is 0 Å². The van der Waals surface area contributed by atoms with Gasteiger partial charge in [0, 0.05) is 21.7 Å². The molecule has 1 atom stereocenters. The maximum Gasteiger partial charge on any atom is 0.0468 e. The lowest BCUT2D eigenvalue weighted by atomic mass is 10.0. The molecule has 2 rings (SSSR count). The van der Waals surface area contributed by atoms with Gasteiger partial charge in [0.25, 0.3) is 0 Å². The number of rotatable bonds is 2. The molecule has 14 heavy (non-hydrogen) atoms. The first-order valence-electron chi connectivity index (χ1n) is 4.39. The van der Waals surface area contributed by atoms with Crippen LogP contribution in [-0.4, -0.2) is 0 Å². The summed E-state index contributed by atoms with van der Waals surface area (Å²) in [6.07, 6.45) is 2.39. The second-order valence-electron chi connectivity index (χ2n) is 3.50. The van der Waals surface area contributed by atoms with Gasteiger partial charge in [0.05, 0.1) is 0 Å². The lowest BCUT2D eigenvalue weighted by Crippen LogP contribution is -2.13. The molecule has 0 unspecified atom stereocenters. The van der Waals surface area contributed by atoms with Crippen LogP contribution in [0.2, 0.25) is 10.0 Å². The van der Waals surface area contributed by atoms with E-state index in [1.54, 1.807) is 0 Å². The summed E-state index contributed by atoms with van der Waals surface area (Å²) < 4.78 is 0. The predicted octanol–water partition coefficient (Wildman–Crippen LogP) is 3.83. The highest BCUT2D eigenvalue weighted by Gasteiger charge is 2.31. The van der Waals surface area contributed by atoms with Crippen LogP contribution in [-0.2, 0) is 0 Å². The van der Waals surface area contributed by atoms with E-state index in [1.807, 2.05) is 18.2 Å². The van der Waals surface area contributed by atoms with Crippen LogP contribution in [0.4, 0.5) is 0 Å². The minimum atomic E-state index is 0. The van der Waals surface area contributed by atoms with Crippen molar-refractivity contribution in [3.63, 3.8) is 0 Å². The Bertz CT molecular complexity index is 303. The molecule has 1 aliphatic rings. The Morgan fingerprint density at radius 1 is 1.21 bits per heavy atom. The van der Waals surface area contributed by atoms with Crippen LogP contribution in [0.5, 0.6) is 0 Å². The van der Waals surface area contributed by atoms with Crippen molar-refractivity contribution in [1.82, 2.24) is 0 Å². The number of nitrogens with two attached hydrogens (primary N) is 1. The lowest BCUT2D eigenvalue weighted by Gasteiger charge is -2.14. The summed E-state index contributed by atoms with van der Waals surface area (Å²) in [5.41, 5.74) is 6.94. The molecule has 78 valence electrons. The molecule has 2 N–H and O–H groups in total. The molecule has 0 heterocycles. The van der Waals surface area contributed by atoms with E-state index in [2.05, 4.69) is 0 Å². The highest BCUT2D eigenvalue weighted by molar-refractivity contribution is 6.36. The molecule has 1 aromatic rings. The SMILES string of the molecule is Cl.N[C@@H](c1c(Cl)cccc1Cl)C1CC1. The first-order chi connectivity index (χ1) is 6.20. The normalized spacial score (nSPS) is 17.4. The molecule has 1 aliphatic carbocycles. The van der Waals surface area contributed by atoms with Crippen molar-refractivity contribution in [3.8, 4) is 0 Å². The van der Waals surface area contributed by atoms with Crippen molar-refractivity contribution < 1.29 is 0 Å². The molecule has 4 heteroatoms. The first-order valence-corrected chi connectivity index (χ1v) is 5.15. The van der Waals surface area contributed by atoms with Crippen LogP contribution < -0.4 is 5.73 Å². The molecule has 0 radical (unpaired) electrons. The van der Waals surface area contributed by atoms with E-state index in [0.29, 0.717) is 16.0 Å². The van der Waals surface area contributed by atoms with E-state index in [1.165, 1.54) is 12.8 Å². The summed E-state index contributed by atoms with van der Waals surface area (Å²) in [5.74, 6) is 0.581. The molecular formula is C10H12Cl3N. The highest BCUT2D eigenvalue weighted by Crippen LogP contribution is 2.43. The van der Waals surface area contributed by atoms with Crippen molar-refractivity contribution in [2.45, 2.75) is 18.9 Å². The Hall–Kier alpha value is 0.0500. The van der Waals surface area contributed by atoms with E-state index in [0.717, 1.165) is 5.56 Å². The molecule has 1 fully saturated rings. The average Bonchev–Trinajstić information content (AvgIpc) is 2.85. The maximum atomic E-state index is 6.03. The van der Waals surface area contributed by atoms with Crippen molar-refractivity contribution in [3.05, 3.63) is 33.8 Å². The molecule has 1 saturated carbocycles. The molecular weight excluding hydrogens is 240 g/mol. The van der Waals surface area contributed by atoms with Gasteiger partial charge < -0.3 is 5.73 Å². The van der Waals surface area contributed by atoms with Gasteiger partial charge in [-0.25, -0.2) is 0 Å². The number of halogens is 3. The highest BCUT2D eigenvalue weighted by atomic mass is 35.5. The van der Waals surface area contributed by atoms with Crippen LogP contribution in [0.1, 0.15) is 24.4 Å². The van der Waals surface area contributed by atoms with E-state index in [9.17, 15) is 0 Å². The van der Waals surface area contributed by atoms with E-state index < -0.39 is 0 Å². The lowest BCUT2D eigenvalue weighted by molar-refractivity contribution is 0.634.